The minimum absolute atomic E-state index is 0.148. The fraction of sp³-hybridized carbons (Fsp3) is 0.588. The number of likely N-dealkylation sites (tertiary alicyclic amines) is 1. The van der Waals surface area contributed by atoms with Crippen molar-refractivity contribution in [3.8, 4) is 0 Å². The summed E-state index contributed by atoms with van der Waals surface area (Å²) in [4.78, 5) is 13.3. The average Bonchev–Trinajstić information content (AvgIpc) is 2.40. The average molecular weight is 373 g/mol. The Hall–Kier alpha value is -1.67. The Morgan fingerprint density at radius 2 is 1.84 bits per heavy atom. The van der Waals surface area contributed by atoms with Crippen LogP contribution in [0, 0.1) is 0 Å². The van der Waals surface area contributed by atoms with Crippen LogP contribution in [0.3, 0.4) is 0 Å². The molecule has 0 unspecified atom stereocenters. The molecule has 6 nitrogen and oxygen atoms in total. The molecule has 1 aromatic rings. The number of rotatable bonds is 4. The molecule has 8 heteroatoms. The molecule has 0 spiro atoms. The molecular formula is C17H24FNO5S. The molecule has 140 valence electrons. The Bertz CT molecular complexity index is 751. The first-order chi connectivity index (χ1) is 11.3. The molecule has 2 rings (SSSR count). The van der Waals surface area contributed by atoms with Gasteiger partial charge in [0.15, 0.2) is 5.67 Å². The number of hydrogen-bond donors (Lipinski definition) is 0. The minimum Gasteiger partial charge on any atom is -0.444 e. The Balaban J connectivity index is 2.17. The number of carbonyl (C=O) groups excluding carboxylic acids is 1. The smallest absolute Gasteiger partial charge is 0.410 e. The van der Waals surface area contributed by atoms with Crippen LogP contribution in [0.1, 0.15) is 44.9 Å². The zero-order valence-corrected chi connectivity index (χ0v) is 15.9. The number of nitrogens with zero attached hydrogens (tertiary/aromatic N) is 1. The van der Waals surface area contributed by atoms with E-state index in [9.17, 15) is 13.2 Å². The van der Waals surface area contributed by atoms with Crippen molar-refractivity contribution in [1.82, 2.24) is 4.90 Å². The standard InChI is InChI=1S/C17H24FNO5S/c1-12(24-25(5,21)22)13-8-6-7-9-14(13)17(18)10-19(11-17)15(20)23-16(2,3)4/h6-9,12H,10-11H2,1-5H3/t12-/m0/s1. The molecule has 1 fully saturated rings. The first kappa shape index (κ1) is 19.7. The highest BCUT2D eigenvalue weighted by molar-refractivity contribution is 7.86. The van der Waals surface area contributed by atoms with E-state index in [1.54, 1.807) is 52.0 Å². The number of halogens is 1. The summed E-state index contributed by atoms with van der Waals surface area (Å²) >= 11 is 0. The molecular weight excluding hydrogens is 349 g/mol. The first-order valence-electron chi connectivity index (χ1n) is 7.95. The predicted octanol–water partition coefficient (Wildman–Crippen LogP) is 3.14. The molecule has 1 aliphatic heterocycles. The van der Waals surface area contributed by atoms with Crippen molar-refractivity contribution in [3.05, 3.63) is 35.4 Å². The van der Waals surface area contributed by atoms with Gasteiger partial charge in [0.2, 0.25) is 0 Å². The van der Waals surface area contributed by atoms with E-state index in [2.05, 4.69) is 0 Å². The third-order valence-corrected chi connectivity index (χ3v) is 4.37. The minimum atomic E-state index is -3.67. The number of ether oxygens (including phenoxy) is 1. The van der Waals surface area contributed by atoms with Crippen LogP contribution in [0.2, 0.25) is 0 Å². The van der Waals surface area contributed by atoms with Crippen LogP contribution < -0.4 is 0 Å². The second-order valence-electron chi connectivity index (χ2n) is 7.33. The second kappa shape index (κ2) is 6.57. The molecule has 0 aliphatic carbocycles. The van der Waals surface area contributed by atoms with Gasteiger partial charge < -0.3 is 9.64 Å². The maximum absolute atomic E-state index is 15.3. The lowest BCUT2D eigenvalue weighted by atomic mass is 9.84. The van der Waals surface area contributed by atoms with Gasteiger partial charge in [0, 0.05) is 0 Å². The molecule has 0 radical (unpaired) electrons. The van der Waals surface area contributed by atoms with Gasteiger partial charge in [-0.2, -0.15) is 8.42 Å². The molecule has 1 aliphatic rings. The Labute approximate surface area is 148 Å². The van der Waals surface area contributed by atoms with E-state index in [0.717, 1.165) is 6.26 Å². The number of hydrogen-bond acceptors (Lipinski definition) is 5. The normalized spacial score (nSPS) is 18.4. The van der Waals surface area contributed by atoms with Gasteiger partial charge in [0.1, 0.15) is 5.60 Å². The van der Waals surface area contributed by atoms with Crippen LogP contribution in [0.4, 0.5) is 9.18 Å². The third kappa shape index (κ3) is 4.92. The Morgan fingerprint density at radius 1 is 1.28 bits per heavy atom. The van der Waals surface area contributed by atoms with Crippen LogP contribution in [-0.4, -0.2) is 44.4 Å². The van der Waals surface area contributed by atoms with Crippen molar-refractivity contribution < 1.29 is 26.5 Å². The quantitative estimate of drug-likeness (QED) is 0.758. The Kier molecular flexibility index (Phi) is 5.16. The van der Waals surface area contributed by atoms with Gasteiger partial charge in [-0.3, -0.25) is 4.18 Å². The van der Waals surface area contributed by atoms with Gasteiger partial charge in [0.05, 0.1) is 25.4 Å². The number of carbonyl (C=O) groups is 1. The van der Waals surface area contributed by atoms with E-state index in [-0.39, 0.29) is 13.1 Å². The number of benzene rings is 1. The molecule has 0 bridgehead atoms. The van der Waals surface area contributed by atoms with Crippen molar-refractivity contribution >= 4 is 16.2 Å². The van der Waals surface area contributed by atoms with Gasteiger partial charge in [-0.25, -0.2) is 9.18 Å². The van der Waals surface area contributed by atoms with Gasteiger partial charge in [-0.05, 0) is 38.8 Å². The van der Waals surface area contributed by atoms with Gasteiger partial charge >= 0.3 is 6.09 Å². The fourth-order valence-electron chi connectivity index (χ4n) is 2.76. The summed E-state index contributed by atoms with van der Waals surface area (Å²) in [6.45, 7) is 6.48. The molecule has 1 aromatic carbocycles. The van der Waals surface area contributed by atoms with Crippen molar-refractivity contribution in [2.45, 2.75) is 45.1 Å². The maximum atomic E-state index is 15.3. The summed E-state index contributed by atoms with van der Waals surface area (Å²) in [5, 5.41) is 0. The molecule has 0 N–H and O–H groups in total. The maximum Gasteiger partial charge on any atom is 0.410 e. The summed E-state index contributed by atoms with van der Waals surface area (Å²) < 4.78 is 48.2. The van der Waals surface area contributed by atoms with Gasteiger partial charge in [-0.1, -0.05) is 24.3 Å². The van der Waals surface area contributed by atoms with Crippen molar-refractivity contribution in [3.63, 3.8) is 0 Å². The van der Waals surface area contributed by atoms with E-state index in [1.165, 1.54) is 4.90 Å². The van der Waals surface area contributed by atoms with E-state index >= 15 is 4.39 Å². The summed E-state index contributed by atoms with van der Waals surface area (Å²) in [6, 6.07) is 6.57. The van der Waals surface area contributed by atoms with Crippen LogP contribution in [0.25, 0.3) is 0 Å². The fourth-order valence-corrected chi connectivity index (χ4v) is 3.39. The van der Waals surface area contributed by atoms with Crippen molar-refractivity contribution in [1.29, 1.82) is 0 Å². The predicted molar refractivity (Wildman–Crippen MR) is 91.4 cm³/mol. The zero-order chi connectivity index (χ0) is 19.0. The van der Waals surface area contributed by atoms with Crippen LogP contribution >= 0.6 is 0 Å². The van der Waals surface area contributed by atoms with Crippen molar-refractivity contribution in [2.24, 2.45) is 0 Å². The lowest BCUT2D eigenvalue weighted by molar-refractivity contribution is -0.0546. The monoisotopic (exact) mass is 373 g/mol. The Morgan fingerprint density at radius 3 is 2.36 bits per heavy atom. The zero-order valence-electron chi connectivity index (χ0n) is 15.1. The number of amides is 1. The molecule has 0 saturated carbocycles. The second-order valence-corrected chi connectivity index (χ2v) is 8.93. The SMILES string of the molecule is C[C@H](OS(C)(=O)=O)c1ccccc1C1(F)CN(C(=O)OC(C)(C)C)C1. The molecule has 1 amide bonds. The van der Waals surface area contributed by atoms with E-state index < -0.39 is 33.6 Å². The largest absolute Gasteiger partial charge is 0.444 e. The van der Waals surface area contributed by atoms with E-state index in [4.69, 9.17) is 8.92 Å². The van der Waals surface area contributed by atoms with Crippen LogP contribution in [0.5, 0.6) is 0 Å². The summed E-state index contributed by atoms with van der Waals surface area (Å²) in [6.07, 6.45) is -0.446. The van der Waals surface area contributed by atoms with E-state index in [1.807, 2.05) is 0 Å². The summed E-state index contributed by atoms with van der Waals surface area (Å²) in [7, 11) is -3.67. The molecule has 1 atom stereocenters. The van der Waals surface area contributed by atoms with E-state index in [0.29, 0.717) is 11.1 Å². The van der Waals surface area contributed by atoms with Gasteiger partial charge in [-0.15, -0.1) is 0 Å². The lowest BCUT2D eigenvalue weighted by Gasteiger charge is -2.45. The van der Waals surface area contributed by atoms with Crippen LogP contribution in [0.15, 0.2) is 24.3 Å². The van der Waals surface area contributed by atoms with Crippen molar-refractivity contribution in [2.75, 3.05) is 19.3 Å². The highest BCUT2D eigenvalue weighted by atomic mass is 32.2. The van der Waals surface area contributed by atoms with Gasteiger partial charge in [0.25, 0.3) is 10.1 Å². The number of alkyl halides is 1. The lowest BCUT2D eigenvalue weighted by Crippen LogP contribution is -2.60. The summed E-state index contributed by atoms with van der Waals surface area (Å²) in [5.41, 5.74) is -1.64. The summed E-state index contributed by atoms with van der Waals surface area (Å²) in [5.74, 6) is 0. The molecule has 0 aromatic heterocycles. The first-order valence-corrected chi connectivity index (χ1v) is 9.77. The molecule has 25 heavy (non-hydrogen) atoms. The molecule has 1 heterocycles. The topological polar surface area (TPSA) is 72.9 Å². The highest BCUT2D eigenvalue weighted by Crippen LogP contribution is 2.40. The third-order valence-electron chi connectivity index (χ3n) is 3.74. The highest BCUT2D eigenvalue weighted by Gasteiger charge is 2.49. The molecule has 1 saturated heterocycles. The van der Waals surface area contributed by atoms with Crippen LogP contribution in [-0.2, 0) is 24.7 Å².